The van der Waals surface area contributed by atoms with Crippen LogP contribution in [0.15, 0.2) is 18.2 Å². The number of aliphatic hydroxyl groups excluding tert-OH is 3. The number of halogens is 1. The van der Waals surface area contributed by atoms with Crippen molar-refractivity contribution in [2.24, 2.45) is 0 Å². The van der Waals surface area contributed by atoms with Gasteiger partial charge in [-0.2, -0.15) is 0 Å². The molecule has 5 atom stereocenters. The molecule has 2 heterocycles. The molecule has 3 rings (SSSR count). The molecule has 4 N–H and O–H groups in total. The Morgan fingerprint density at radius 1 is 1.24 bits per heavy atom. The first-order chi connectivity index (χ1) is 17.4. The van der Waals surface area contributed by atoms with E-state index in [4.69, 9.17) is 18.9 Å². The van der Waals surface area contributed by atoms with Crippen LogP contribution in [0, 0.1) is 12.7 Å². The molecule has 1 fully saturated rings. The normalized spacial score (nSPS) is 25.7. The van der Waals surface area contributed by atoms with Gasteiger partial charge < -0.3 is 44.1 Å². The van der Waals surface area contributed by atoms with Gasteiger partial charge in [0.2, 0.25) is 5.88 Å². The predicted molar refractivity (Wildman–Crippen MR) is 125 cm³/mol. The standard InChI is InChI=1S/C24H33FN2O10/c1-6-34-23(31)35-11-18-19(28)20(29)21(30)24(32,36-18)37-22-15(13(4)27(26-22)12(2)3)9-14-7-8-17(33-5)16(25)10-14/h7-8,10,12,18-21,28-30,32H,6,9,11H2,1-5H3/t18-,19-,20+,21-,24-/m1/s1. The molecule has 0 spiro atoms. The monoisotopic (exact) mass is 528 g/mol. The van der Waals surface area contributed by atoms with Crippen LogP contribution >= 0.6 is 0 Å². The molecule has 1 saturated heterocycles. The van der Waals surface area contributed by atoms with Crippen LogP contribution in [0.1, 0.15) is 43.6 Å². The molecule has 37 heavy (non-hydrogen) atoms. The zero-order chi connectivity index (χ0) is 27.5. The van der Waals surface area contributed by atoms with Crippen LogP contribution < -0.4 is 9.47 Å². The molecule has 2 aromatic rings. The molecule has 12 nitrogen and oxygen atoms in total. The molecule has 0 bridgehead atoms. The first-order valence-electron chi connectivity index (χ1n) is 11.7. The fourth-order valence-corrected chi connectivity index (χ4v) is 3.98. The van der Waals surface area contributed by atoms with Crippen molar-refractivity contribution in [2.75, 3.05) is 20.3 Å². The number of aromatic nitrogens is 2. The number of ether oxygens (including phenoxy) is 5. The predicted octanol–water partition coefficient (Wildman–Crippen LogP) is 1.19. The van der Waals surface area contributed by atoms with Gasteiger partial charge in [-0.05, 0) is 45.4 Å². The van der Waals surface area contributed by atoms with Crippen molar-refractivity contribution in [3.05, 3.63) is 40.8 Å². The lowest BCUT2D eigenvalue weighted by Crippen LogP contribution is -2.67. The maximum Gasteiger partial charge on any atom is 0.508 e. The molecule has 0 amide bonds. The van der Waals surface area contributed by atoms with Gasteiger partial charge in [0.15, 0.2) is 17.7 Å². The van der Waals surface area contributed by atoms with Gasteiger partial charge in [0.05, 0.1) is 13.7 Å². The lowest BCUT2D eigenvalue weighted by atomic mass is 9.97. The van der Waals surface area contributed by atoms with Crippen LogP contribution in [-0.2, 0) is 20.6 Å². The van der Waals surface area contributed by atoms with Gasteiger partial charge in [0, 0.05) is 23.7 Å². The Bertz CT molecular complexity index is 1090. The Morgan fingerprint density at radius 3 is 2.54 bits per heavy atom. The SMILES string of the molecule is CCOC(=O)OC[C@H]1O[C@@](O)(Oc2nn(C(C)C)c(C)c2Cc2ccc(OC)c(F)c2)[C@H](O)[C@@H](O)[C@@H]1O. The van der Waals surface area contributed by atoms with E-state index in [2.05, 4.69) is 9.84 Å². The number of hydrogen-bond donors (Lipinski definition) is 4. The van der Waals surface area contributed by atoms with Crippen LogP contribution in [0.2, 0.25) is 0 Å². The summed E-state index contributed by atoms with van der Waals surface area (Å²) in [5.74, 6) is -3.53. The molecule has 1 aromatic heterocycles. The Morgan fingerprint density at radius 2 is 1.95 bits per heavy atom. The molecular formula is C24H33FN2O10. The zero-order valence-electron chi connectivity index (χ0n) is 21.3. The van der Waals surface area contributed by atoms with E-state index in [0.29, 0.717) is 16.8 Å². The summed E-state index contributed by atoms with van der Waals surface area (Å²) >= 11 is 0. The number of carbonyl (C=O) groups is 1. The quantitative estimate of drug-likeness (QED) is 0.273. The highest BCUT2D eigenvalue weighted by Gasteiger charge is 2.56. The third kappa shape index (κ3) is 6.13. The van der Waals surface area contributed by atoms with Crippen LogP contribution in [0.25, 0.3) is 0 Å². The van der Waals surface area contributed by atoms with E-state index in [0.717, 1.165) is 0 Å². The summed E-state index contributed by atoms with van der Waals surface area (Å²) in [4.78, 5) is 11.5. The van der Waals surface area contributed by atoms with Crippen molar-refractivity contribution in [1.82, 2.24) is 9.78 Å². The van der Waals surface area contributed by atoms with Gasteiger partial charge in [-0.25, -0.2) is 9.18 Å². The van der Waals surface area contributed by atoms with Crippen molar-refractivity contribution in [3.63, 3.8) is 0 Å². The molecule has 1 aliphatic heterocycles. The van der Waals surface area contributed by atoms with Gasteiger partial charge in [-0.15, -0.1) is 5.10 Å². The Kier molecular flexibility index (Phi) is 8.97. The molecule has 206 valence electrons. The highest BCUT2D eigenvalue weighted by Crippen LogP contribution is 2.35. The average molecular weight is 529 g/mol. The summed E-state index contributed by atoms with van der Waals surface area (Å²) in [5.41, 5.74) is 1.63. The third-order valence-corrected chi connectivity index (χ3v) is 5.94. The Hall–Kier alpha value is -2.97. The lowest BCUT2D eigenvalue weighted by molar-refractivity contribution is -0.423. The topological polar surface area (TPSA) is 162 Å². The van der Waals surface area contributed by atoms with Crippen LogP contribution in [-0.4, -0.2) is 87.1 Å². The lowest BCUT2D eigenvalue weighted by Gasteiger charge is -2.44. The molecule has 0 unspecified atom stereocenters. The fraction of sp³-hybridized carbons (Fsp3) is 0.583. The van der Waals surface area contributed by atoms with Crippen molar-refractivity contribution in [1.29, 1.82) is 0 Å². The number of carbonyl (C=O) groups excluding carboxylic acids is 1. The summed E-state index contributed by atoms with van der Waals surface area (Å²) < 4.78 is 41.4. The smallest absolute Gasteiger partial charge is 0.494 e. The van der Waals surface area contributed by atoms with E-state index in [1.165, 1.54) is 19.2 Å². The molecular weight excluding hydrogens is 495 g/mol. The molecule has 0 aliphatic carbocycles. The minimum absolute atomic E-state index is 0.0417. The number of nitrogens with zero attached hydrogens (tertiary/aromatic N) is 2. The van der Waals surface area contributed by atoms with E-state index < -0.39 is 49.0 Å². The van der Waals surface area contributed by atoms with Crippen molar-refractivity contribution in [2.45, 2.75) is 70.5 Å². The summed E-state index contributed by atoms with van der Waals surface area (Å²) in [7, 11) is 1.35. The van der Waals surface area contributed by atoms with E-state index in [1.54, 1.807) is 24.6 Å². The van der Waals surface area contributed by atoms with Crippen LogP contribution in [0.3, 0.4) is 0 Å². The van der Waals surface area contributed by atoms with Gasteiger partial charge in [0.25, 0.3) is 0 Å². The number of aliphatic hydroxyl groups is 4. The van der Waals surface area contributed by atoms with Crippen LogP contribution in [0.4, 0.5) is 9.18 Å². The van der Waals surface area contributed by atoms with Crippen molar-refractivity contribution < 1.29 is 53.3 Å². The number of rotatable bonds is 9. The summed E-state index contributed by atoms with van der Waals surface area (Å²) in [6, 6.07) is 4.29. The van der Waals surface area contributed by atoms with Gasteiger partial charge in [0.1, 0.15) is 24.9 Å². The Balaban J connectivity index is 1.92. The highest BCUT2D eigenvalue weighted by molar-refractivity contribution is 5.59. The maximum atomic E-state index is 14.3. The van der Waals surface area contributed by atoms with E-state index in [1.807, 2.05) is 13.8 Å². The van der Waals surface area contributed by atoms with E-state index >= 15 is 0 Å². The van der Waals surface area contributed by atoms with Crippen LogP contribution in [0.5, 0.6) is 11.6 Å². The number of benzene rings is 1. The first kappa shape index (κ1) is 28.6. The first-order valence-corrected chi connectivity index (χ1v) is 11.7. The second-order valence-electron chi connectivity index (χ2n) is 8.86. The number of methoxy groups -OCH3 is 1. The molecule has 13 heteroatoms. The molecule has 0 saturated carbocycles. The largest absolute Gasteiger partial charge is 0.508 e. The third-order valence-electron chi connectivity index (χ3n) is 5.94. The minimum Gasteiger partial charge on any atom is -0.494 e. The summed E-state index contributed by atoms with van der Waals surface area (Å²) in [5, 5.41) is 46.7. The molecule has 1 aliphatic rings. The maximum absolute atomic E-state index is 14.3. The van der Waals surface area contributed by atoms with Crippen molar-refractivity contribution >= 4 is 6.16 Å². The summed E-state index contributed by atoms with van der Waals surface area (Å²) in [6.07, 6.45) is -8.20. The number of hydrogen-bond acceptors (Lipinski definition) is 11. The fourth-order valence-electron chi connectivity index (χ4n) is 3.98. The van der Waals surface area contributed by atoms with Gasteiger partial charge in [-0.1, -0.05) is 6.07 Å². The van der Waals surface area contributed by atoms with Gasteiger partial charge >= 0.3 is 12.1 Å². The Labute approximate surface area is 213 Å². The second-order valence-corrected chi connectivity index (χ2v) is 8.86. The van der Waals surface area contributed by atoms with Crippen molar-refractivity contribution in [3.8, 4) is 11.6 Å². The zero-order valence-corrected chi connectivity index (χ0v) is 21.3. The second kappa shape index (κ2) is 11.6. The van der Waals surface area contributed by atoms with E-state index in [9.17, 15) is 29.6 Å². The van der Waals surface area contributed by atoms with E-state index in [-0.39, 0.29) is 30.7 Å². The average Bonchev–Trinajstić information content (AvgIpc) is 3.14. The molecule has 0 radical (unpaired) electrons. The summed E-state index contributed by atoms with van der Waals surface area (Å²) in [6.45, 7) is 6.48. The van der Waals surface area contributed by atoms with Gasteiger partial charge in [-0.3, -0.25) is 4.68 Å². The highest BCUT2D eigenvalue weighted by atomic mass is 19.1. The molecule has 1 aromatic carbocycles. The minimum atomic E-state index is -2.89.